The first kappa shape index (κ1) is 27.7. The highest BCUT2D eigenvalue weighted by atomic mass is 32.2. The van der Waals surface area contributed by atoms with E-state index >= 15 is 0 Å². The smallest absolute Gasteiger partial charge is 0.248 e. The molecule has 3 N–H and O–H groups in total. The molecule has 2 aromatic carbocycles. The minimum absolute atomic E-state index is 0.0146. The van der Waals surface area contributed by atoms with Crippen LogP contribution in [0.4, 0.5) is 11.4 Å². The molecule has 3 heterocycles. The number of thioether (sulfide) groups is 1. The number of carbonyl (C=O) groups is 3. The van der Waals surface area contributed by atoms with Crippen molar-refractivity contribution in [2.24, 2.45) is 23.7 Å². The van der Waals surface area contributed by atoms with Crippen LogP contribution in [-0.2, 0) is 14.4 Å². The number of aliphatic hydroxyl groups is 1. The number of anilines is 2. The summed E-state index contributed by atoms with van der Waals surface area (Å²) in [4.78, 5) is 44.1. The van der Waals surface area contributed by atoms with Gasteiger partial charge >= 0.3 is 0 Å². The van der Waals surface area contributed by atoms with Crippen LogP contribution < -0.4 is 10.6 Å². The largest absolute Gasteiger partial charge is 0.394 e. The first-order valence-corrected chi connectivity index (χ1v) is 14.9. The maximum absolute atomic E-state index is 14.4. The van der Waals surface area contributed by atoms with Gasteiger partial charge in [0.2, 0.25) is 17.7 Å². The zero-order chi connectivity index (χ0) is 28.1. The van der Waals surface area contributed by atoms with E-state index in [1.807, 2.05) is 76.2 Å². The highest BCUT2D eigenvalue weighted by Gasteiger charge is 2.76. The first-order valence-electron chi connectivity index (χ1n) is 14.0. The van der Waals surface area contributed by atoms with Crippen LogP contribution in [0.15, 0.2) is 48.5 Å². The number of carbonyl (C=O) groups excluding carboxylic acids is 3. The molecule has 3 unspecified atom stereocenters. The van der Waals surface area contributed by atoms with Crippen LogP contribution >= 0.6 is 11.8 Å². The quantitative estimate of drug-likeness (QED) is 0.446. The molecule has 0 aliphatic carbocycles. The van der Waals surface area contributed by atoms with Crippen molar-refractivity contribution in [1.82, 2.24) is 4.90 Å². The Labute approximate surface area is 235 Å². The molecule has 2 aromatic rings. The summed E-state index contributed by atoms with van der Waals surface area (Å²) in [5.41, 5.74) is 3.38. The maximum atomic E-state index is 14.4. The topological polar surface area (TPSA) is 98.7 Å². The van der Waals surface area contributed by atoms with E-state index in [2.05, 4.69) is 17.6 Å². The zero-order valence-electron chi connectivity index (χ0n) is 23.3. The lowest BCUT2D eigenvalue weighted by Crippen LogP contribution is -2.58. The average Bonchev–Trinajstić information content (AvgIpc) is 3.51. The molecular weight excluding hydrogens is 510 g/mol. The van der Waals surface area contributed by atoms with E-state index in [-0.39, 0.29) is 41.4 Å². The number of nitrogens with one attached hydrogen (secondary N) is 2. The minimum atomic E-state index is -0.791. The van der Waals surface area contributed by atoms with E-state index in [4.69, 9.17) is 0 Å². The normalized spacial score (nSPS) is 30.7. The van der Waals surface area contributed by atoms with Gasteiger partial charge in [0.15, 0.2) is 0 Å². The molecule has 0 radical (unpaired) electrons. The Morgan fingerprint density at radius 1 is 1.13 bits per heavy atom. The molecule has 39 heavy (non-hydrogen) atoms. The molecule has 0 saturated carbocycles. The fourth-order valence-corrected chi connectivity index (χ4v) is 9.46. The summed E-state index contributed by atoms with van der Waals surface area (Å²) in [7, 11) is 0. The van der Waals surface area contributed by atoms with Gasteiger partial charge in [-0.25, -0.2) is 0 Å². The van der Waals surface area contributed by atoms with Gasteiger partial charge in [-0.1, -0.05) is 57.5 Å². The van der Waals surface area contributed by atoms with Gasteiger partial charge in [-0.3, -0.25) is 14.4 Å². The monoisotopic (exact) mass is 549 g/mol. The van der Waals surface area contributed by atoms with Gasteiger partial charge in [-0.05, 0) is 61.4 Å². The molecule has 8 atom stereocenters. The molecule has 3 amide bonds. The predicted octanol–water partition coefficient (Wildman–Crippen LogP) is 4.62. The summed E-state index contributed by atoms with van der Waals surface area (Å²) < 4.78 is -0.747. The standard InChI is InChI=1S/C31H39N3O4S/c1-6-18(3)23(16-35)34-27(29(37)33-22-14-17(2)12-13-19(22)4)31-20(5)15-24(39-31)25(26(31)30(34)38)28(36)32-21-10-8-7-9-11-21/h7-14,18,20,23-27,35H,6,15-16H2,1-5H3,(H,32,36)(H,33,37)/t18-,20?,23-,24+,25-,26-,27?,31?/m0/s1. The van der Waals surface area contributed by atoms with Crippen LogP contribution in [-0.4, -0.2) is 56.4 Å². The highest BCUT2D eigenvalue weighted by Crippen LogP contribution is 2.69. The molecule has 208 valence electrons. The summed E-state index contributed by atoms with van der Waals surface area (Å²) >= 11 is 1.65. The van der Waals surface area contributed by atoms with Crippen LogP contribution in [0.3, 0.4) is 0 Å². The van der Waals surface area contributed by atoms with Crippen molar-refractivity contribution < 1.29 is 19.5 Å². The van der Waals surface area contributed by atoms with Crippen LogP contribution in [0.1, 0.15) is 44.7 Å². The van der Waals surface area contributed by atoms with Crippen molar-refractivity contribution in [2.75, 3.05) is 17.2 Å². The second kappa shape index (κ2) is 10.6. The lowest BCUT2D eigenvalue weighted by molar-refractivity contribution is -0.142. The summed E-state index contributed by atoms with van der Waals surface area (Å²) in [5.74, 6) is -1.75. The Balaban J connectivity index is 1.57. The van der Waals surface area contributed by atoms with Crippen LogP contribution in [0.25, 0.3) is 0 Å². The van der Waals surface area contributed by atoms with Gasteiger partial charge in [0.1, 0.15) is 6.04 Å². The lowest BCUT2D eigenvalue weighted by Gasteiger charge is -2.41. The predicted molar refractivity (Wildman–Crippen MR) is 155 cm³/mol. The third-order valence-corrected chi connectivity index (χ3v) is 11.3. The Morgan fingerprint density at radius 3 is 2.51 bits per heavy atom. The SMILES string of the molecule is CC[C@H](C)[C@H](CO)N1C(=O)[C@@H]2[C@@H](C(=O)Nc3ccccc3)[C@H]3CC(C)C2(S3)C1C(=O)Nc1cc(C)ccc1C. The number of amides is 3. The minimum Gasteiger partial charge on any atom is -0.394 e. The Bertz CT molecular complexity index is 1270. The molecule has 7 nitrogen and oxygen atoms in total. The molecule has 3 aliphatic heterocycles. The van der Waals surface area contributed by atoms with Crippen LogP contribution in [0.2, 0.25) is 0 Å². The van der Waals surface area contributed by atoms with Gasteiger partial charge in [-0.15, -0.1) is 11.8 Å². The van der Waals surface area contributed by atoms with Gasteiger partial charge in [0, 0.05) is 16.6 Å². The Hall–Kier alpha value is -2.84. The molecule has 3 saturated heterocycles. The van der Waals surface area contributed by atoms with Crippen molar-refractivity contribution in [3.8, 4) is 0 Å². The number of aryl methyl sites for hydroxylation is 2. The van der Waals surface area contributed by atoms with Gasteiger partial charge in [-0.2, -0.15) is 0 Å². The number of rotatable bonds is 8. The molecule has 0 aromatic heterocycles. The van der Waals surface area contributed by atoms with Crippen molar-refractivity contribution in [3.05, 3.63) is 59.7 Å². The number of likely N-dealkylation sites (tertiary alicyclic amines) is 1. The van der Waals surface area contributed by atoms with Crippen molar-refractivity contribution in [2.45, 2.75) is 69.5 Å². The number of hydrogen-bond acceptors (Lipinski definition) is 5. The fourth-order valence-electron chi connectivity index (χ4n) is 7.05. The average molecular weight is 550 g/mol. The molecule has 3 aliphatic rings. The van der Waals surface area contributed by atoms with Crippen LogP contribution in [0, 0.1) is 37.5 Å². The second-order valence-electron chi connectivity index (χ2n) is 11.6. The lowest BCUT2D eigenvalue weighted by atomic mass is 9.65. The Kier molecular flexibility index (Phi) is 7.55. The summed E-state index contributed by atoms with van der Waals surface area (Å²) in [6.45, 7) is 9.83. The van der Waals surface area contributed by atoms with Crippen molar-refractivity contribution >= 4 is 40.9 Å². The molecule has 1 spiro atoms. The number of benzene rings is 2. The van der Waals surface area contributed by atoms with E-state index < -0.39 is 28.7 Å². The number of para-hydroxylation sites is 1. The molecule has 3 fully saturated rings. The fraction of sp³-hybridized carbons (Fsp3) is 0.516. The van der Waals surface area contributed by atoms with Crippen molar-refractivity contribution in [3.63, 3.8) is 0 Å². The molecule has 2 bridgehead atoms. The summed E-state index contributed by atoms with van der Waals surface area (Å²) in [6, 6.07) is 13.9. The number of aliphatic hydroxyl groups excluding tert-OH is 1. The molecule has 5 rings (SSSR count). The Morgan fingerprint density at radius 2 is 1.85 bits per heavy atom. The third kappa shape index (κ3) is 4.45. The molecular formula is C31H39N3O4S. The number of hydrogen-bond donors (Lipinski definition) is 3. The van der Waals surface area contributed by atoms with E-state index in [9.17, 15) is 19.5 Å². The summed E-state index contributed by atoms with van der Waals surface area (Å²) in [5, 5.41) is 16.7. The van der Waals surface area contributed by atoms with Gasteiger partial charge in [0.25, 0.3) is 0 Å². The van der Waals surface area contributed by atoms with Crippen LogP contribution in [0.5, 0.6) is 0 Å². The van der Waals surface area contributed by atoms with Gasteiger partial charge in [0.05, 0.1) is 29.2 Å². The van der Waals surface area contributed by atoms with Crippen molar-refractivity contribution in [1.29, 1.82) is 0 Å². The maximum Gasteiger partial charge on any atom is 0.248 e. The second-order valence-corrected chi connectivity index (χ2v) is 13.1. The number of fused-ring (bicyclic) bond motifs is 1. The van der Waals surface area contributed by atoms with E-state index in [0.717, 1.165) is 29.7 Å². The van der Waals surface area contributed by atoms with E-state index in [0.29, 0.717) is 5.69 Å². The zero-order valence-corrected chi connectivity index (χ0v) is 24.1. The van der Waals surface area contributed by atoms with E-state index in [1.54, 1.807) is 16.7 Å². The first-order chi connectivity index (χ1) is 18.6. The highest BCUT2D eigenvalue weighted by molar-refractivity contribution is 8.02. The third-order valence-electron chi connectivity index (χ3n) is 9.27. The molecule has 8 heteroatoms. The summed E-state index contributed by atoms with van der Waals surface area (Å²) in [6.07, 6.45) is 1.51. The van der Waals surface area contributed by atoms with E-state index in [1.165, 1.54) is 0 Å². The van der Waals surface area contributed by atoms with Gasteiger partial charge < -0.3 is 20.6 Å². The number of nitrogens with zero attached hydrogens (tertiary/aromatic N) is 1.